The first-order valence-corrected chi connectivity index (χ1v) is 8.03. The molecule has 7 heteroatoms. The molecule has 132 valence electrons. The van der Waals surface area contributed by atoms with Gasteiger partial charge in [0, 0.05) is 45.6 Å². The highest BCUT2D eigenvalue weighted by atomic mass is 127. The van der Waals surface area contributed by atoms with Crippen LogP contribution < -0.4 is 10.6 Å². The van der Waals surface area contributed by atoms with Gasteiger partial charge in [0.05, 0.1) is 6.26 Å². The van der Waals surface area contributed by atoms with Crippen LogP contribution >= 0.6 is 24.0 Å². The van der Waals surface area contributed by atoms with Crippen LogP contribution in [-0.2, 0) is 11.2 Å². The lowest BCUT2D eigenvalue weighted by atomic mass is 10.3. The molecule has 1 heterocycles. The van der Waals surface area contributed by atoms with Crippen LogP contribution in [0, 0.1) is 0 Å². The third-order valence-electron chi connectivity index (χ3n) is 3.30. The summed E-state index contributed by atoms with van der Waals surface area (Å²) in [5.41, 5.74) is 0. The molecule has 0 saturated carbocycles. The second-order valence-electron chi connectivity index (χ2n) is 4.83. The summed E-state index contributed by atoms with van der Waals surface area (Å²) in [4.78, 5) is 18.2. The Bertz CT molecular complexity index is 445. The van der Waals surface area contributed by atoms with Crippen molar-refractivity contribution in [2.75, 3.05) is 32.7 Å². The minimum Gasteiger partial charge on any atom is -0.469 e. The standard InChI is InChI=1S/C16H28N4O2.HI/c1-4-17-16(18-11-9-14-8-7-13-22-14)19-12-10-15(21)20(5-2)6-3;/h7-8,13H,4-6,9-12H2,1-3H3,(H2,17,18,19);1H. The number of aliphatic imine (C=N–C) groups is 1. The van der Waals surface area contributed by atoms with Crippen LogP contribution in [0.15, 0.2) is 27.8 Å². The summed E-state index contributed by atoms with van der Waals surface area (Å²) in [5, 5.41) is 6.37. The van der Waals surface area contributed by atoms with E-state index in [1.165, 1.54) is 0 Å². The quantitative estimate of drug-likeness (QED) is 0.354. The van der Waals surface area contributed by atoms with Gasteiger partial charge in [-0.25, -0.2) is 0 Å². The van der Waals surface area contributed by atoms with Gasteiger partial charge >= 0.3 is 0 Å². The fraction of sp³-hybridized carbons (Fsp3) is 0.625. The number of furan rings is 1. The number of hydrogen-bond donors (Lipinski definition) is 2. The van der Waals surface area contributed by atoms with Crippen molar-refractivity contribution in [2.24, 2.45) is 4.99 Å². The van der Waals surface area contributed by atoms with Crippen molar-refractivity contribution in [2.45, 2.75) is 33.6 Å². The molecule has 2 N–H and O–H groups in total. The Labute approximate surface area is 156 Å². The van der Waals surface area contributed by atoms with E-state index in [1.54, 1.807) is 6.26 Å². The lowest BCUT2D eigenvalue weighted by Crippen LogP contribution is -2.40. The Hall–Kier alpha value is -1.25. The van der Waals surface area contributed by atoms with E-state index in [-0.39, 0.29) is 29.9 Å². The van der Waals surface area contributed by atoms with E-state index in [9.17, 15) is 4.79 Å². The average Bonchev–Trinajstić information content (AvgIpc) is 3.02. The van der Waals surface area contributed by atoms with E-state index < -0.39 is 0 Å². The molecule has 1 amide bonds. The Morgan fingerprint density at radius 1 is 1.26 bits per heavy atom. The van der Waals surface area contributed by atoms with E-state index in [2.05, 4.69) is 15.6 Å². The van der Waals surface area contributed by atoms with Gasteiger partial charge in [-0.3, -0.25) is 9.79 Å². The lowest BCUT2D eigenvalue weighted by Gasteiger charge is -2.19. The summed E-state index contributed by atoms with van der Waals surface area (Å²) in [6.07, 6.45) is 2.91. The van der Waals surface area contributed by atoms with E-state index >= 15 is 0 Å². The Kier molecular flexibility index (Phi) is 12.5. The monoisotopic (exact) mass is 436 g/mol. The molecule has 0 radical (unpaired) electrons. The van der Waals surface area contributed by atoms with Gasteiger partial charge in [-0.2, -0.15) is 0 Å². The summed E-state index contributed by atoms with van der Waals surface area (Å²) in [7, 11) is 0. The summed E-state index contributed by atoms with van der Waals surface area (Å²) < 4.78 is 5.28. The van der Waals surface area contributed by atoms with Gasteiger partial charge < -0.3 is 20.0 Å². The van der Waals surface area contributed by atoms with Gasteiger partial charge in [0.25, 0.3) is 0 Å². The zero-order valence-electron chi connectivity index (χ0n) is 14.3. The first kappa shape index (κ1) is 21.8. The summed E-state index contributed by atoms with van der Waals surface area (Å²) in [6, 6.07) is 3.82. The SMILES string of the molecule is CCNC(=NCCc1ccco1)NCCC(=O)N(CC)CC.I. The zero-order chi connectivity index (χ0) is 16.2. The Balaban J connectivity index is 0.00000484. The van der Waals surface area contributed by atoms with E-state index in [0.717, 1.165) is 37.8 Å². The molecule has 0 atom stereocenters. The Morgan fingerprint density at radius 3 is 2.57 bits per heavy atom. The van der Waals surface area contributed by atoms with E-state index in [1.807, 2.05) is 37.8 Å². The molecule has 23 heavy (non-hydrogen) atoms. The number of carbonyl (C=O) groups is 1. The van der Waals surface area contributed by atoms with Crippen molar-refractivity contribution in [3.8, 4) is 0 Å². The van der Waals surface area contributed by atoms with Crippen LogP contribution in [0.3, 0.4) is 0 Å². The number of nitrogens with one attached hydrogen (secondary N) is 2. The highest BCUT2D eigenvalue weighted by Gasteiger charge is 2.09. The molecule has 1 aromatic rings. The van der Waals surface area contributed by atoms with Gasteiger partial charge in [-0.15, -0.1) is 24.0 Å². The maximum Gasteiger partial charge on any atom is 0.224 e. The first-order chi connectivity index (χ1) is 10.7. The van der Waals surface area contributed by atoms with Crippen molar-refractivity contribution >= 4 is 35.8 Å². The lowest BCUT2D eigenvalue weighted by molar-refractivity contribution is -0.130. The van der Waals surface area contributed by atoms with Crippen molar-refractivity contribution in [1.82, 2.24) is 15.5 Å². The number of carbonyl (C=O) groups excluding carboxylic acids is 1. The molecule has 0 aromatic carbocycles. The molecule has 1 rings (SSSR count). The smallest absolute Gasteiger partial charge is 0.224 e. The number of amides is 1. The molecule has 0 aliphatic carbocycles. The molecule has 6 nitrogen and oxygen atoms in total. The molecular weight excluding hydrogens is 407 g/mol. The third-order valence-corrected chi connectivity index (χ3v) is 3.30. The predicted molar refractivity (Wildman–Crippen MR) is 104 cm³/mol. The van der Waals surface area contributed by atoms with Crippen molar-refractivity contribution in [1.29, 1.82) is 0 Å². The van der Waals surface area contributed by atoms with Crippen LogP contribution in [0.25, 0.3) is 0 Å². The first-order valence-electron chi connectivity index (χ1n) is 8.03. The van der Waals surface area contributed by atoms with Gasteiger partial charge in [-0.05, 0) is 32.9 Å². The van der Waals surface area contributed by atoms with Gasteiger partial charge in [0.1, 0.15) is 5.76 Å². The topological polar surface area (TPSA) is 69.9 Å². The van der Waals surface area contributed by atoms with Crippen LogP contribution in [0.4, 0.5) is 0 Å². The minimum atomic E-state index is 0. The van der Waals surface area contributed by atoms with Crippen molar-refractivity contribution < 1.29 is 9.21 Å². The zero-order valence-corrected chi connectivity index (χ0v) is 16.6. The summed E-state index contributed by atoms with van der Waals surface area (Å²) in [6.45, 7) is 9.54. The van der Waals surface area contributed by atoms with Crippen molar-refractivity contribution in [3.63, 3.8) is 0 Å². The fourth-order valence-electron chi connectivity index (χ4n) is 2.10. The predicted octanol–water partition coefficient (Wildman–Crippen LogP) is 2.25. The molecular formula is C16H29IN4O2. The number of halogens is 1. The normalized spacial score (nSPS) is 10.8. The maximum absolute atomic E-state index is 11.9. The van der Waals surface area contributed by atoms with Gasteiger partial charge in [-0.1, -0.05) is 0 Å². The number of hydrogen-bond acceptors (Lipinski definition) is 3. The van der Waals surface area contributed by atoms with Crippen LogP contribution in [0.1, 0.15) is 33.0 Å². The number of nitrogens with zero attached hydrogens (tertiary/aromatic N) is 2. The van der Waals surface area contributed by atoms with Gasteiger partial charge in [0.2, 0.25) is 5.91 Å². The second kappa shape index (κ2) is 13.2. The molecule has 0 aliphatic rings. The largest absolute Gasteiger partial charge is 0.469 e. The molecule has 0 aliphatic heterocycles. The molecule has 0 fully saturated rings. The van der Waals surface area contributed by atoms with E-state index in [4.69, 9.17) is 4.42 Å². The molecule has 1 aromatic heterocycles. The Morgan fingerprint density at radius 2 is 2.00 bits per heavy atom. The van der Waals surface area contributed by atoms with Gasteiger partial charge in [0.15, 0.2) is 5.96 Å². The van der Waals surface area contributed by atoms with E-state index in [0.29, 0.717) is 19.5 Å². The third kappa shape index (κ3) is 8.83. The van der Waals surface area contributed by atoms with Crippen molar-refractivity contribution in [3.05, 3.63) is 24.2 Å². The highest BCUT2D eigenvalue weighted by Crippen LogP contribution is 2.00. The molecule has 0 spiro atoms. The molecule has 0 unspecified atom stereocenters. The van der Waals surface area contributed by atoms with Crippen LogP contribution in [0.5, 0.6) is 0 Å². The second-order valence-corrected chi connectivity index (χ2v) is 4.83. The molecule has 0 saturated heterocycles. The minimum absolute atomic E-state index is 0. The van der Waals surface area contributed by atoms with Crippen LogP contribution in [-0.4, -0.2) is 49.5 Å². The highest BCUT2D eigenvalue weighted by molar-refractivity contribution is 14.0. The summed E-state index contributed by atoms with van der Waals surface area (Å²) in [5.74, 6) is 1.83. The average molecular weight is 436 g/mol. The van der Waals surface area contributed by atoms with Crippen LogP contribution in [0.2, 0.25) is 0 Å². The maximum atomic E-state index is 11.9. The fourth-order valence-corrected chi connectivity index (χ4v) is 2.10. The molecule has 0 bridgehead atoms. The summed E-state index contributed by atoms with van der Waals surface area (Å²) >= 11 is 0. The number of guanidine groups is 1. The number of rotatable bonds is 9.